The Bertz CT molecular complexity index is 1770. The summed E-state index contributed by atoms with van der Waals surface area (Å²) in [7, 11) is 0. The van der Waals surface area contributed by atoms with Crippen LogP contribution in [0.5, 0.6) is 5.75 Å². The fourth-order valence-corrected chi connectivity index (χ4v) is 8.50. The minimum Gasteiger partial charge on any atom is -0.410 e. The summed E-state index contributed by atoms with van der Waals surface area (Å²) in [6.45, 7) is 14.6. The fourth-order valence-electron chi connectivity index (χ4n) is 8.50. The van der Waals surface area contributed by atoms with Gasteiger partial charge in [0.05, 0.1) is 5.54 Å². The Hall–Kier alpha value is -4.37. The van der Waals surface area contributed by atoms with E-state index in [0.717, 1.165) is 34.6 Å². The molecule has 0 saturated heterocycles. The molecule has 3 nitrogen and oxygen atoms in total. The number of allylic oxidation sites excluding steroid dienone is 7. The van der Waals surface area contributed by atoms with E-state index in [1.165, 1.54) is 47.9 Å². The molecule has 2 saturated carbocycles. The minimum absolute atomic E-state index is 0.451. The molecule has 6 unspecified atom stereocenters. The molecule has 0 radical (unpaired) electrons. The maximum Gasteiger partial charge on any atom is 0.413 e. The summed E-state index contributed by atoms with van der Waals surface area (Å²) < 4.78 is 5.72. The molecule has 3 aromatic rings. The molecule has 0 heterocycles. The van der Waals surface area contributed by atoms with E-state index in [0.29, 0.717) is 35.3 Å². The highest BCUT2D eigenvalue weighted by Gasteiger charge is 2.39. The third-order valence-corrected chi connectivity index (χ3v) is 11.1. The molecule has 47 heavy (non-hydrogen) atoms. The smallest absolute Gasteiger partial charge is 0.410 e. The van der Waals surface area contributed by atoms with Crippen molar-refractivity contribution in [2.24, 2.45) is 29.6 Å². The van der Waals surface area contributed by atoms with Gasteiger partial charge in [0, 0.05) is 0 Å². The summed E-state index contributed by atoms with van der Waals surface area (Å²) in [5, 5.41) is 3.09. The van der Waals surface area contributed by atoms with Gasteiger partial charge in [-0.25, -0.2) is 4.79 Å². The summed E-state index contributed by atoms with van der Waals surface area (Å²) >= 11 is 0. The van der Waals surface area contributed by atoms with Gasteiger partial charge in [-0.1, -0.05) is 109 Å². The van der Waals surface area contributed by atoms with E-state index in [-0.39, 0.29) is 0 Å². The second-order valence-corrected chi connectivity index (χ2v) is 15.0. The largest absolute Gasteiger partial charge is 0.413 e. The van der Waals surface area contributed by atoms with Crippen molar-refractivity contribution in [1.29, 1.82) is 0 Å². The Morgan fingerprint density at radius 3 is 2.34 bits per heavy atom. The monoisotopic (exact) mass is 621 g/mol. The first-order valence-corrected chi connectivity index (χ1v) is 17.3. The number of ether oxygens (including phenoxy) is 1. The molecule has 4 bridgehead atoms. The van der Waals surface area contributed by atoms with Gasteiger partial charge >= 0.3 is 6.09 Å². The second kappa shape index (κ2) is 12.7. The molecular weight excluding hydrogens is 574 g/mol. The number of fused-ring (bicyclic) bond motifs is 4. The summed E-state index contributed by atoms with van der Waals surface area (Å²) in [4.78, 5) is 13.0. The van der Waals surface area contributed by atoms with Crippen molar-refractivity contribution in [2.45, 2.75) is 64.3 Å². The van der Waals surface area contributed by atoms with Crippen LogP contribution in [0.1, 0.15) is 86.6 Å². The highest BCUT2D eigenvalue weighted by atomic mass is 16.6. The number of amides is 1. The average Bonchev–Trinajstić information content (AvgIpc) is 3.87. The molecule has 0 spiro atoms. The van der Waals surface area contributed by atoms with E-state index in [2.05, 4.69) is 110 Å². The first-order chi connectivity index (χ1) is 22.6. The van der Waals surface area contributed by atoms with Crippen molar-refractivity contribution >= 4 is 23.3 Å². The topological polar surface area (TPSA) is 38.3 Å². The predicted molar refractivity (Wildman–Crippen MR) is 195 cm³/mol. The average molecular weight is 622 g/mol. The van der Waals surface area contributed by atoms with Crippen LogP contribution in [-0.4, -0.2) is 6.09 Å². The molecular formula is C44H47NO2. The summed E-state index contributed by atoms with van der Waals surface area (Å²) in [6.07, 6.45) is 17.4. The number of carbonyl (C=O) groups excluding carboxylic acids is 1. The zero-order valence-corrected chi connectivity index (χ0v) is 28.0. The summed E-state index contributed by atoms with van der Waals surface area (Å²) in [5.41, 5.74) is 9.03. The minimum atomic E-state index is -0.618. The molecule has 4 aliphatic carbocycles. The van der Waals surface area contributed by atoms with Gasteiger partial charge in [0.1, 0.15) is 5.75 Å². The van der Waals surface area contributed by atoms with E-state index in [9.17, 15) is 4.79 Å². The van der Waals surface area contributed by atoms with Crippen LogP contribution in [0.3, 0.4) is 0 Å². The SMILES string of the molecule is C=C(C)c1ccc(/C=C/C2CC3C=C(CC(=C)c4cccc(C(C)(C)NC(=O)Oc5ccc(C6CC7C=CC6C7)cc5)c4)C2C3)cc1. The zero-order chi connectivity index (χ0) is 32.7. The van der Waals surface area contributed by atoms with E-state index in [1.807, 2.05) is 32.9 Å². The van der Waals surface area contributed by atoms with Crippen LogP contribution < -0.4 is 10.1 Å². The lowest BCUT2D eigenvalue weighted by atomic mass is 9.82. The van der Waals surface area contributed by atoms with E-state index in [4.69, 9.17) is 4.74 Å². The first-order valence-electron chi connectivity index (χ1n) is 17.3. The van der Waals surface area contributed by atoms with Gasteiger partial charge in [-0.2, -0.15) is 0 Å². The first kappa shape index (κ1) is 31.2. The lowest BCUT2D eigenvalue weighted by molar-refractivity contribution is 0.188. The van der Waals surface area contributed by atoms with Gasteiger partial charge in [-0.3, -0.25) is 0 Å². The lowest BCUT2D eigenvalue weighted by Crippen LogP contribution is -2.42. The van der Waals surface area contributed by atoms with E-state index in [1.54, 1.807) is 0 Å². The molecule has 3 heteroatoms. The molecule has 1 N–H and O–H groups in total. The zero-order valence-electron chi connectivity index (χ0n) is 28.0. The van der Waals surface area contributed by atoms with E-state index < -0.39 is 11.6 Å². The van der Waals surface area contributed by atoms with Gasteiger partial charge in [-0.05, 0) is 140 Å². The van der Waals surface area contributed by atoms with Crippen LogP contribution in [0, 0.1) is 29.6 Å². The quantitative estimate of drug-likeness (QED) is 0.229. The Kier molecular flexibility index (Phi) is 8.43. The van der Waals surface area contributed by atoms with Crippen LogP contribution in [0.2, 0.25) is 0 Å². The van der Waals surface area contributed by atoms with Crippen LogP contribution in [-0.2, 0) is 5.54 Å². The third-order valence-electron chi connectivity index (χ3n) is 11.1. The second-order valence-electron chi connectivity index (χ2n) is 15.0. The molecule has 0 aliphatic heterocycles. The maximum absolute atomic E-state index is 13.0. The van der Waals surface area contributed by atoms with Gasteiger partial charge in [0.2, 0.25) is 0 Å². The number of rotatable bonds is 10. The standard InChI is InChI=1S/C44H47NO2/c1-28(2)33-13-9-30(10-14-33)11-15-37-23-32-24-38(42(37)26-32)21-29(3)35-7-6-8-39(27-35)44(4,5)45-43(46)47-40-19-17-34(18-20-40)41-25-31-12-16-36(41)22-31/h6-20,24,27,31-32,36-37,41-42H,1,3,21-23,25-26H2,2,4-5H3,(H,45,46)/b15-11+. The molecule has 4 aliphatic rings. The van der Waals surface area contributed by atoms with Crippen LogP contribution in [0.25, 0.3) is 17.2 Å². The van der Waals surface area contributed by atoms with Gasteiger partial charge in [0.15, 0.2) is 0 Å². The highest BCUT2D eigenvalue weighted by molar-refractivity contribution is 5.72. The van der Waals surface area contributed by atoms with Crippen LogP contribution >= 0.6 is 0 Å². The Balaban J connectivity index is 0.948. The number of hydrogen-bond donors (Lipinski definition) is 1. The Morgan fingerprint density at radius 2 is 1.66 bits per heavy atom. The lowest BCUT2D eigenvalue weighted by Gasteiger charge is -2.27. The molecule has 3 aromatic carbocycles. The van der Waals surface area contributed by atoms with E-state index >= 15 is 0 Å². The van der Waals surface area contributed by atoms with Crippen molar-refractivity contribution in [2.75, 3.05) is 0 Å². The van der Waals surface area contributed by atoms with Crippen molar-refractivity contribution in [1.82, 2.24) is 5.32 Å². The third kappa shape index (κ3) is 6.72. The van der Waals surface area contributed by atoms with Gasteiger partial charge in [-0.15, -0.1) is 0 Å². The molecule has 1 amide bonds. The van der Waals surface area contributed by atoms with Crippen molar-refractivity contribution in [3.05, 3.63) is 144 Å². The Morgan fingerprint density at radius 1 is 0.894 bits per heavy atom. The molecule has 7 rings (SSSR count). The molecule has 0 aromatic heterocycles. The molecule has 2 fully saturated rings. The number of hydrogen-bond acceptors (Lipinski definition) is 2. The normalized spacial score (nSPS) is 25.7. The highest BCUT2D eigenvalue weighted by Crippen LogP contribution is 2.51. The predicted octanol–water partition coefficient (Wildman–Crippen LogP) is 11.1. The summed E-state index contributed by atoms with van der Waals surface area (Å²) in [6, 6.07) is 25.2. The van der Waals surface area contributed by atoms with Crippen molar-refractivity contribution in [3.8, 4) is 5.75 Å². The number of nitrogens with one attached hydrogen (secondary N) is 1. The van der Waals surface area contributed by atoms with Gasteiger partial charge in [0.25, 0.3) is 0 Å². The fraction of sp³-hybridized carbons (Fsp3) is 0.341. The summed E-state index contributed by atoms with van der Waals surface area (Å²) in [5.74, 6) is 4.35. The van der Waals surface area contributed by atoms with Gasteiger partial charge < -0.3 is 10.1 Å². The maximum atomic E-state index is 13.0. The van der Waals surface area contributed by atoms with Crippen molar-refractivity contribution in [3.63, 3.8) is 0 Å². The van der Waals surface area contributed by atoms with Crippen LogP contribution in [0.4, 0.5) is 4.79 Å². The van der Waals surface area contributed by atoms with Crippen molar-refractivity contribution < 1.29 is 9.53 Å². The number of benzene rings is 3. The van der Waals surface area contributed by atoms with Crippen LogP contribution in [0.15, 0.2) is 116 Å². The molecule has 6 atom stereocenters. The molecule has 240 valence electrons. The number of carbonyl (C=O) groups is 1. The Labute approximate surface area is 280 Å².